The number of rotatable bonds is 7. The summed E-state index contributed by atoms with van der Waals surface area (Å²) in [6, 6.07) is 6.79. The van der Waals surface area contributed by atoms with E-state index in [4.69, 9.17) is 9.84 Å². The van der Waals surface area contributed by atoms with Gasteiger partial charge in [0.25, 0.3) is 0 Å². The van der Waals surface area contributed by atoms with Crippen LogP contribution in [-0.2, 0) is 16.0 Å². The lowest BCUT2D eigenvalue weighted by Crippen LogP contribution is -2.26. The van der Waals surface area contributed by atoms with Crippen LogP contribution in [0, 0.1) is 0 Å². The Morgan fingerprint density at radius 1 is 1.36 bits per heavy atom. The minimum Gasteiger partial charge on any atom is -0.478 e. The zero-order valence-corrected chi connectivity index (χ0v) is 12.9. The molecule has 1 aromatic carbocycles. The lowest BCUT2D eigenvalue weighted by molar-refractivity contribution is -0.121. The molecule has 2 unspecified atom stereocenters. The maximum Gasteiger partial charge on any atom is 0.335 e. The average molecular weight is 305 g/mol. The van der Waals surface area contributed by atoms with Crippen molar-refractivity contribution < 1.29 is 19.4 Å². The molecular formula is C17H23NO4. The minimum absolute atomic E-state index is 0.0255. The lowest BCUT2D eigenvalue weighted by Gasteiger charge is -2.11. The van der Waals surface area contributed by atoms with E-state index in [1.165, 1.54) is 0 Å². The SMILES string of the molecule is CC1CCC(CCC(=O)NCCc2cccc(C(=O)O)c2)O1. The fourth-order valence-electron chi connectivity index (χ4n) is 2.68. The largest absolute Gasteiger partial charge is 0.478 e. The molecule has 1 aliphatic heterocycles. The standard InChI is InChI=1S/C17H23NO4/c1-12-5-6-15(22-12)7-8-16(19)18-10-9-13-3-2-4-14(11-13)17(20)21/h2-4,11-12,15H,5-10H2,1H3,(H,18,19)(H,20,21). The quantitative estimate of drug-likeness (QED) is 0.811. The highest BCUT2D eigenvalue weighted by Crippen LogP contribution is 2.22. The molecule has 1 aliphatic rings. The first-order valence-electron chi connectivity index (χ1n) is 7.79. The predicted molar refractivity (Wildman–Crippen MR) is 82.9 cm³/mol. The highest BCUT2D eigenvalue weighted by molar-refractivity contribution is 5.87. The first-order chi connectivity index (χ1) is 10.5. The number of benzene rings is 1. The van der Waals surface area contributed by atoms with Crippen LogP contribution in [0.1, 0.15) is 48.5 Å². The van der Waals surface area contributed by atoms with Crippen LogP contribution in [0.3, 0.4) is 0 Å². The Labute approximate surface area is 130 Å². The molecule has 0 bridgehead atoms. The first-order valence-corrected chi connectivity index (χ1v) is 7.79. The molecule has 0 aliphatic carbocycles. The molecule has 0 spiro atoms. The molecule has 2 atom stereocenters. The van der Waals surface area contributed by atoms with Crippen LogP contribution in [0.5, 0.6) is 0 Å². The normalized spacial score (nSPS) is 20.8. The summed E-state index contributed by atoms with van der Waals surface area (Å²) in [6.07, 6.45) is 4.52. The number of ether oxygens (including phenoxy) is 1. The summed E-state index contributed by atoms with van der Waals surface area (Å²) in [5.41, 5.74) is 1.18. The van der Waals surface area contributed by atoms with Gasteiger partial charge < -0.3 is 15.2 Å². The van der Waals surface area contributed by atoms with Crippen LogP contribution in [0.25, 0.3) is 0 Å². The molecule has 1 saturated heterocycles. The van der Waals surface area contributed by atoms with Crippen LogP contribution < -0.4 is 5.32 Å². The molecule has 1 fully saturated rings. The van der Waals surface area contributed by atoms with Gasteiger partial charge in [0.1, 0.15) is 0 Å². The summed E-state index contributed by atoms with van der Waals surface area (Å²) >= 11 is 0. The minimum atomic E-state index is -0.934. The molecule has 0 aromatic heterocycles. The zero-order chi connectivity index (χ0) is 15.9. The van der Waals surface area contributed by atoms with E-state index in [1.54, 1.807) is 18.2 Å². The van der Waals surface area contributed by atoms with Crippen LogP contribution in [0.15, 0.2) is 24.3 Å². The second-order valence-electron chi connectivity index (χ2n) is 5.79. The van der Waals surface area contributed by atoms with Gasteiger partial charge in [-0.15, -0.1) is 0 Å². The molecular weight excluding hydrogens is 282 g/mol. The Hall–Kier alpha value is -1.88. The lowest BCUT2D eigenvalue weighted by atomic mass is 10.1. The van der Waals surface area contributed by atoms with Crippen molar-refractivity contribution in [3.63, 3.8) is 0 Å². The third-order valence-corrected chi connectivity index (χ3v) is 3.92. The third-order valence-electron chi connectivity index (χ3n) is 3.92. The Kier molecular flexibility index (Phi) is 5.95. The van der Waals surface area contributed by atoms with Gasteiger partial charge in [-0.25, -0.2) is 4.79 Å². The smallest absolute Gasteiger partial charge is 0.335 e. The van der Waals surface area contributed by atoms with E-state index in [9.17, 15) is 9.59 Å². The summed E-state index contributed by atoms with van der Waals surface area (Å²) in [7, 11) is 0. The number of hydrogen-bond acceptors (Lipinski definition) is 3. The van der Waals surface area contributed by atoms with Crippen LogP contribution >= 0.6 is 0 Å². The number of aromatic carboxylic acids is 1. The molecule has 0 saturated carbocycles. The second kappa shape index (κ2) is 7.94. The summed E-state index contributed by atoms with van der Waals surface area (Å²) in [4.78, 5) is 22.7. The van der Waals surface area contributed by atoms with E-state index < -0.39 is 5.97 Å². The fraction of sp³-hybridized carbons (Fsp3) is 0.529. The molecule has 2 N–H and O–H groups in total. The maximum absolute atomic E-state index is 11.8. The van der Waals surface area contributed by atoms with Gasteiger partial charge in [-0.05, 0) is 50.3 Å². The number of amides is 1. The van der Waals surface area contributed by atoms with E-state index in [0.29, 0.717) is 25.5 Å². The fourth-order valence-corrected chi connectivity index (χ4v) is 2.68. The van der Waals surface area contributed by atoms with E-state index in [2.05, 4.69) is 12.2 Å². The van der Waals surface area contributed by atoms with Gasteiger partial charge in [0.2, 0.25) is 5.91 Å². The Morgan fingerprint density at radius 3 is 2.86 bits per heavy atom. The van der Waals surface area contributed by atoms with Crippen LogP contribution in [-0.4, -0.2) is 35.7 Å². The number of carboxylic acids is 1. The first kappa shape index (κ1) is 16.5. The van der Waals surface area contributed by atoms with E-state index >= 15 is 0 Å². The topological polar surface area (TPSA) is 75.6 Å². The van der Waals surface area contributed by atoms with Crippen molar-refractivity contribution in [2.45, 2.75) is 51.2 Å². The van der Waals surface area contributed by atoms with Crippen molar-refractivity contribution in [3.8, 4) is 0 Å². The molecule has 5 nitrogen and oxygen atoms in total. The van der Waals surface area contributed by atoms with Gasteiger partial charge in [0.15, 0.2) is 0 Å². The molecule has 5 heteroatoms. The van der Waals surface area contributed by atoms with Gasteiger partial charge >= 0.3 is 5.97 Å². The average Bonchev–Trinajstić information content (AvgIpc) is 2.91. The number of carbonyl (C=O) groups excluding carboxylic acids is 1. The predicted octanol–water partition coefficient (Wildman–Crippen LogP) is 2.39. The Morgan fingerprint density at radius 2 is 2.18 bits per heavy atom. The molecule has 1 heterocycles. The number of hydrogen-bond donors (Lipinski definition) is 2. The molecule has 1 amide bonds. The van der Waals surface area contributed by atoms with Crippen molar-refractivity contribution in [3.05, 3.63) is 35.4 Å². The zero-order valence-electron chi connectivity index (χ0n) is 12.9. The monoisotopic (exact) mass is 305 g/mol. The van der Waals surface area contributed by atoms with Gasteiger partial charge in [0.05, 0.1) is 17.8 Å². The van der Waals surface area contributed by atoms with E-state index in [-0.39, 0.29) is 17.6 Å². The van der Waals surface area contributed by atoms with Crippen molar-refractivity contribution >= 4 is 11.9 Å². The highest BCUT2D eigenvalue weighted by atomic mass is 16.5. The van der Waals surface area contributed by atoms with Crippen LogP contribution in [0.2, 0.25) is 0 Å². The van der Waals surface area contributed by atoms with Gasteiger partial charge in [0, 0.05) is 13.0 Å². The van der Waals surface area contributed by atoms with Crippen molar-refractivity contribution in [2.75, 3.05) is 6.54 Å². The molecule has 1 aromatic rings. The summed E-state index contributed by atoms with van der Waals surface area (Å²) in [5, 5.41) is 11.8. The molecule has 22 heavy (non-hydrogen) atoms. The third kappa shape index (κ3) is 5.15. The van der Waals surface area contributed by atoms with Gasteiger partial charge in [-0.2, -0.15) is 0 Å². The second-order valence-corrected chi connectivity index (χ2v) is 5.79. The van der Waals surface area contributed by atoms with E-state index in [1.807, 2.05) is 6.07 Å². The maximum atomic E-state index is 11.8. The summed E-state index contributed by atoms with van der Waals surface area (Å²) < 4.78 is 5.69. The van der Waals surface area contributed by atoms with E-state index in [0.717, 1.165) is 24.8 Å². The van der Waals surface area contributed by atoms with Gasteiger partial charge in [-0.3, -0.25) is 4.79 Å². The van der Waals surface area contributed by atoms with Gasteiger partial charge in [-0.1, -0.05) is 12.1 Å². The number of carboxylic acid groups (broad SMARTS) is 1. The van der Waals surface area contributed by atoms with Crippen LogP contribution in [0.4, 0.5) is 0 Å². The Bertz CT molecular complexity index is 529. The number of nitrogens with one attached hydrogen (secondary N) is 1. The van der Waals surface area contributed by atoms with Crippen molar-refractivity contribution in [1.29, 1.82) is 0 Å². The summed E-state index contributed by atoms with van der Waals surface area (Å²) in [6.45, 7) is 2.58. The van der Waals surface area contributed by atoms with Crippen molar-refractivity contribution in [1.82, 2.24) is 5.32 Å². The summed E-state index contributed by atoms with van der Waals surface area (Å²) in [5.74, 6) is -0.908. The molecule has 2 rings (SSSR count). The number of carbonyl (C=O) groups is 2. The highest BCUT2D eigenvalue weighted by Gasteiger charge is 2.21. The molecule has 0 radical (unpaired) electrons. The Balaban J connectivity index is 1.66. The van der Waals surface area contributed by atoms with Crippen molar-refractivity contribution in [2.24, 2.45) is 0 Å². The molecule has 120 valence electrons.